The van der Waals surface area contributed by atoms with E-state index in [4.69, 9.17) is 9.15 Å². The van der Waals surface area contributed by atoms with Crippen LogP contribution in [0.4, 0.5) is 5.69 Å². The summed E-state index contributed by atoms with van der Waals surface area (Å²) in [5.74, 6) is -0.546. The fourth-order valence-electron chi connectivity index (χ4n) is 3.49. The molecule has 1 unspecified atom stereocenters. The van der Waals surface area contributed by atoms with Crippen molar-refractivity contribution in [3.63, 3.8) is 0 Å². The van der Waals surface area contributed by atoms with Gasteiger partial charge in [0.1, 0.15) is 5.58 Å². The molecule has 3 rings (SSSR count). The molecule has 0 bridgehead atoms. The molecule has 1 atom stereocenters. The zero-order chi connectivity index (χ0) is 22.0. The number of ether oxygens (including phenoxy) is 1. The standard InChI is InChI=1S/C25H29NO4/c1-14(2)20-9-7-8-15(3)24(20)26-25(28)18(6)30-23(27)12-19-13-29-22-11-17(5)16(4)10-21(19)22/h7-11,13-14,18H,12H2,1-6H3,(H,26,28). The number of hydrogen-bond donors (Lipinski definition) is 1. The van der Waals surface area contributed by atoms with Crippen LogP contribution in [0.25, 0.3) is 11.0 Å². The molecule has 0 spiro atoms. The lowest BCUT2D eigenvalue weighted by molar-refractivity contribution is -0.152. The van der Waals surface area contributed by atoms with Crippen LogP contribution in [0.3, 0.4) is 0 Å². The third kappa shape index (κ3) is 4.56. The molecule has 5 nitrogen and oxygen atoms in total. The second kappa shape index (κ2) is 8.74. The molecular formula is C25H29NO4. The molecule has 0 fully saturated rings. The molecule has 0 aliphatic carbocycles. The van der Waals surface area contributed by atoms with Crippen LogP contribution < -0.4 is 5.32 Å². The van der Waals surface area contributed by atoms with Crippen molar-refractivity contribution in [1.82, 2.24) is 0 Å². The van der Waals surface area contributed by atoms with Gasteiger partial charge in [-0.1, -0.05) is 32.0 Å². The lowest BCUT2D eigenvalue weighted by Crippen LogP contribution is -2.31. The van der Waals surface area contributed by atoms with Crippen LogP contribution in [0.1, 0.15) is 54.5 Å². The highest BCUT2D eigenvalue weighted by Crippen LogP contribution is 2.28. The van der Waals surface area contributed by atoms with Gasteiger partial charge in [-0.2, -0.15) is 0 Å². The number of aryl methyl sites for hydroxylation is 3. The predicted octanol–water partition coefficient (Wildman–Crippen LogP) is 5.59. The van der Waals surface area contributed by atoms with Gasteiger partial charge in [0.2, 0.25) is 0 Å². The summed E-state index contributed by atoms with van der Waals surface area (Å²) >= 11 is 0. The normalized spacial score (nSPS) is 12.2. The number of furan rings is 1. The number of nitrogens with one attached hydrogen (secondary N) is 1. The average Bonchev–Trinajstić information content (AvgIpc) is 3.04. The third-order valence-electron chi connectivity index (χ3n) is 5.46. The first-order valence-corrected chi connectivity index (χ1v) is 10.2. The lowest BCUT2D eigenvalue weighted by atomic mass is 9.98. The average molecular weight is 408 g/mol. The molecule has 158 valence electrons. The molecule has 1 heterocycles. The van der Waals surface area contributed by atoms with Gasteiger partial charge in [0.15, 0.2) is 6.10 Å². The fraction of sp³-hybridized carbons (Fsp3) is 0.360. The molecule has 30 heavy (non-hydrogen) atoms. The van der Waals surface area contributed by atoms with Crippen LogP contribution in [-0.4, -0.2) is 18.0 Å². The molecule has 1 N–H and O–H groups in total. The van der Waals surface area contributed by atoms with Gasteiger partial charge in [0.05, 0.1) is 12.7 Å². The van der Waals surface area contributed by atoms with Gasteiger partial charge in [-0.3, -0.25) is 9.59 Å². The Hall–Kier alpha value is -3.08. The zero-order valence-corrected chi connectivity index (χ0v) is 18.5. The first kappa shape index (κ1) is 21.6. The number of carbonyl (C=O) groups excluding carboxylic acids is 2. The molecule has 3 aromatic rings. The van der Waals surface area contributed by atoms with E-state index in [1.807, 2.05) is 51.1 Å². The maximum absolute atomic E-state index is 12.7. The van der Waals surface area contributed by atoms with Gasteiger partial charge in [0, 0.05) is 16.6 Å². The largest absolute Gasteiger partial charge is 0.464 e. The van der Waals surface area contributed by atoms with E-state index in [9.17, 15) is 9.59 Å². The van der Waals surface area contributed by atoms with Crippen LogP contribution in [-0.2, 0) is 20.7 Å². The number of esters is 1. The molecule has 1 amide bonds. The number of hydrogen-bond acceptors (Lipinski definition) is 4. The minimum Gasteiger partial charge on any atom is -0.464 e. The number of benzene rings is 2. The summed E-state index contributed by atoms with van der Waals surface area (Å²) in [6.07, 6.45) is 0.728. The third-order valence-corrected chi connectivity index (χ3v) is 5.46. The van der Waals surface area contributed by atoms with Gasteiger partial charge in [0.25, 0.3) is 5.91 Å². The first-order valence-electron chi connectivity index (χ1n) is 10.2. The molecule has 0 aliphatic rings. The highest BCUT2D eigenvalue weighted by molar-refractivity contribution is 5.97. The van der Waals surface area contributed by atoms with Crippen molar-refractivity contribution in [3.05, 3.63) is 64.4 Å². The van der Waals surface area contributed by atoms with Crippen LogP contribution in [0.5, 0.6) is 0 Å². The molecule has 0 aliphatic heterocycles. The van der Waals surface area contributed by atoms with E-state index in [0.29, 0.717) is 0 Å². The van der Waals surface area contributed by atoms with E-state index in [1.165, 1.54) is 0 Å². The number of amides is 1. The Kier molecular flexibility index (Phi) is 6.30. The smallest absolute Gasteiger partial charge is 0.311 e. The van der Waals surface area contributed by atoms with Crippen molar-refractivity contribution in [2.75, 3.05) is 5.32 Å². The Balaban J connectivity index is 1.68. The predicted molar refractivity (Wildman–Crippen MR) is 119 cm³/mol. The van der Waals surface area contributed by atoms with E-state index >= 15 is 0 Å². The molecule has 0 saturated carbocycles. The molecule has 2 aromatic carbocycles. The van der Waals surface area contributed by atoms with Gasteiger partial charge < -0.3 is 14.5 Å². The summed E-state index contributed by atoms with van der Waals surface area (Å²) in [4.78, 5) is 25.1. The molecule has 5 heteroatoms. The quantitative estimate of drug-likeness (QED) is 0.541. The summed E-state index contributed by atoms with van der Waals surface area (Å²) in [5.41, 5.74) is 6.57. The Labute approximate surface area is 177 Å². The summed E-state index contributed by atoms with van der Waals surface area (Å²) in [6, 6.07) is 9.90. The molecule has 1 aromatic heterocycles. The van der Waals surface area contributed by atoms with E-state index in [0.717, 1.165) is 44.5 Å². The summed E-state index contributed by atoms with van der Waals surface area (Å²) in [5, 5.41) is 3.83. The van der Waals surface area contributed by atoms with Crippen molar-refractivity contribution in [2.45, 2.75) is 60.0 Å². The van der Waals surface area contributed by atoms with E-state index in [1.54, 1.807) is 13.2 Å². The monoisotopic (exact) mass is 407 g/mol. The van der Waals surface area contributed by atoms with Crippen LogP contribution in [0.2, 0.25) is 0 Å². The SMILES string of the molecule is Cc1cc2occ(CC(=O)OC(C)C(=O)Nc3c(C)cccc3C(C)C)c2cc1C. The zero-order valence-electron chi connectivity index (χ0n) is 18.5. The molecular weight excluding hydrogens is 378 g/mol. The molecule has 0 radical (unpaired) electrons. The van der Waals surface area contributed by atoms with Crippen molar-refractivity contribution in [3.8, 4) is 0 Å². The van der Waals surface area contributed by atoms with Crippen LogP contribution in [0, 0.1) is 20.8 Å². The topological polar surface area (TPSA) is 68.5 Å². The summed E-state index contributed by atoms with van der Waals surface area (Å²) in [7, 11) is 0. The maximum Gasteiger partial charge on any atom is 0.311 e. The Morgan fingerprint density at radius 3 is 2.43 bits per heavy atom. The van der Waals surface area contributed by atoms with Gasteiger partial charge >= 0.3 is 5.97 Å². The van der Waals surface area contributed by atoms with Crippen molar-refractivity contribution < 1.29 is 18.7 Å². The summed E-state index contributed by atoms with van der Waals surface area (Å²) < 4.78 is 11.0. The number of anilines is 1. The van der Waals surface area contributed by atoms with E-state index < -0.39 is 12.1 Å². The second-order valence-corrected chi connectivity index (χ2v) is 8.19. The Bertz CT molecular complexity index is 1090. The number of rotatable bonds is 6. The first-order chi connectivity index (χ1) is 14.2. The maximum atomic E-state index is 12.7. The van der Waals surface area contributed by atoms with E-state index in [-0.39, 0.29) is 18.2 Å². The highest BCUT2D eigenvalue weighted by Gasteiger charge is 2.21. The molecule has 0 saturated heterocycles. The van der Waals surface area contributed by atoms with Crippen molar-refractivity contribution in [2.24, 2.45) is 0 Å². The minimum absolute atomic E-state index is 0.0503. The van der Waals surface area contributed by atoms with Gasteiger partial charge in [-0.25, -0.2) is 0 Å². The fourth-order valence-corrected chi connectivity index (χ4v) is 3.49. The van der Waals surface area contributed by atoms with Crippen LogP contribution >= 0.6 is 0 Å². The van der Waals surface area contributed by atoms with Crippen LogP contribution in [0.15, 0.2) is 41.0 Å². The van der Waals surface area contributed by atoms with E-state index in [2.05, 4.69) is 19.2 Å². The Morgan fingerprint density at radius 1 is 1.03 bits per heavy atom. The minimum atomic E-state index is -0.903. The van der Waals surface area contributed by atoms with Gasteiger partial charge in [-0.05, 0) is 68.0 Å². The highest BCUT2D eigenvalue weighted by atomic mass is 16.5. The second-order valence-electron chi connectivity index (χ2n) is 8.19. The lowest BCUT2D eigenvalue weighted by Gasteiger charge is -2.19. The number of carbonyl (C=O) groups is 2. The van der Waals surface area contributed by atoms with Gasteiger partial charge in [-0.15, -0.1) is 0 Å². The van der Waals surface area contributed by atoms with Crippen molar-refractivity contribution in [1.29, 1.82) is 0 Å². The number of para-hydroxylation sites is 1. The van der Waals surface area contributed by atoms with Crippen molar-refractivity contribution >= 4 is 28.5 Å². The number of fused-ring (bicyclic) bond motifs is 1. The Morgan fingerprint density at radius 2 is 1.73 bits per heavy atom. The summed E-state index contributed by atoms with van der Waals surface area (Å²) in [6.45, 7) is 11.7.